The Morgan fingerprint density at radius 1 is 1.46 bits per heavy atom. The average molecular weight is 176 g/mol. The molecule has 1 aliphatic rings. The fourth-order valence-electron chi connectivity index (χ4n) is 1.15. The second-order valence-corrected chi connectivity index (χ2v) is 2.48. The fraction of sp³-hybridized carbons (Fsp3) is 0. The number of aromatic nitrogens is 1. The third kappa shape index (κ3) is 1.01. The number of aromatic carboxylic acids is 1. The van der Waals surface area contributed by atoms with Gasteiger partial charge in [-0.25, -0.2) is 14.8 Å². The standard InChI is InChI=1S/C8H4N2O3/c11-5-3-10-7-6(5)4(8(12)13)1-2-9-7/h1-3H,(H,12,13). The van der Waals surface area contributed by atoms with Crippen LogP contribution < -0.4 is 0 Å². The van der Waals surface area contributed by atoms with E-state index in [0.29, 0.717) is 0 Å². The molecule has 5 heteroatoms. The molecule has 0 saturated carbocycles. The predicted molar refractivity (Wildman–Crippen MR) is 43.7 cm³/mol. The zero-order valence-electron chi connectivity index (χ0n) is 6.39. The van der Waals surface area contributed by atoms with Crippen LogP contribution in [0.1, 0.15) is 20.7 Å². The Hall–Kier alpha value is -2.04. The monoisotopic (exact) mass is 176 g/mol. The maximum Gasteiger partial charge on any atom is 0.336 e. The van der Waals surface area contributed by atoms with Crippen LogP contribution >= 0.6 is 0 Å². The molecule has 1 aliphatic heterocycles. The number of hydrogen-bond acceptors (Lipinski definition) is 4. The van der Waals surface area contributed by atoms with Gasteiger partial charge in [0.25, 0.3) is 0 Å². The summed E-state index contributed by atoms with van der Waals surface area (Å²) in [5.74, 6) is -1.36. The molecule has 0 fully saturated rings. The number of rotatable bonds is 1. The summed E-state index contributed by atoms with van der Waals surface area (Å²) in [5, 5.41) is 8.73. The molecule has 0 spiro atoms. The van der Waals surface area contributed by atoms with Gasteiger partial charge in [-0.1, -0.05) is 0 Å². The lowest BCUT2D eigenvalue weighted by Crippen LogP contribution is -2.06. The predicted octanol–water partition coefficient (Wildman–Crippen LogP) is 0.678. The van der Waals surface area contributed by atoms with Crippen LogP contribution in [-0.2, 0) is 0 Å². The molecule has 1 aromatic heterocycles. The Kier molecular flexibility index (Phi) is 1.45. The summed E-state index contributed by atoms with van der Waals surface area (Å²) in [6.07, 6.45) is 2.39. The summed E-state index contributed by atoms with van der Waals surface area (Å²) in [7, 11) is 0. The molecule has 64 valence electrons. The average Bonchev–Trinajstić information content (AvgIpc) is 2.48. The fourth-order valence-corrected chi connectivity index (χ4v) is 1.15. The van der Waals surface area contributed by atoms with Gasteiger partial charge in [-0.15, -0.1) is 0 Å². The summed E-state index contributed by atoms with van der Waals surface area (Å²) < 4.78 is 0. The molecular formula is C8H4N2O3. The van der Waals surface area contributed by atoms with Crippen LogP contribution in [0.5, 0.6) is 0 Å². The van der Waals surface area contributed by atoms with Crippen LogP contribution in [0.25, 0.3) is 0 Å². The first-order valence-corrected chi connectivity index (χ1v) is 3.51. The summed E-state index contributed by atoms with van der Waals surface area (Å²) in [6, 6.07) is 1.29. The van der Waals surface area contributed by atoms with Crippen molar-refractivity contribution in [3.8, 4) is 0 Å². The third-order valence-corrected chi connectivity index (χ3v) is 1.71. The molecule has 0 amide bonds. The number of Topliss-reactive ketones (excluding diaryl/α,β-unsaturated/α-hetero) is 1. The second kappa shape index (κ2) is 2.48. The summed E-state index contributed by atoms with van der Waals surface area (Å²) in [5.41, 5.74) is 0.0301. The van der Waals surface area contributed by atoms with E-state index in [-0.39, 0.29) is 16.9 Å². The Morgan fingerprint density at radius 3 is 2.92 bits per heavy atom. The maximum absolute atomic E-state index is 11.1. The van der Waals surface area contributed by atoms with E-state index < -0.39 is 11.8 Å². The molecule has 2 rings (SSSR count). The van der Waals surface area contributed by atoms with E-state index in [2.05, 4.69) is 9.98 Å². The second-order valence-electron chi connectivity index (χ2n) is 2.48. The Balaban J connectivity index is 2.71. The van der Waals surface area contributed by atoms with Gasteiger partial charge in [-0.05, 0) is 6.07 Å². The first kappa shape index (κ1) is 7.60. The van der Waals surface area contributed by atoms with Gasteiger partial charge in [-0.3, -0.25) is 4.79 Å². The smallest absolute Gasteiger partial charge is 0.336 e. The first-order chi connectivity index (χ1) is 6.20. The van der Waals surface area contributed by atoms with Crippen LogP contribution in [0.3, 0.4) is 0 Å². The Labute approximate surface area is 72.8 Å². The van der Waals surface area contributed by atoms with Crippen molar-refractivity contribution in [1.29, 1.82) is 0 Å². The van der Waals surface area contributed by atoms with Gasteiger partial charge in [0.05, 0.1) is 17.3 Å². The highest BCUT2D eigenvalue weighted by molar-refractivity contribution is 6.41. The number of ketones is 1. The van der Waals surface area contributed by atoms with Crippen molar-refractivity contribution in [2.45, 2.75) is 0 Å². The zero-order valence-corrected chi connectivity index (χ0v) is 6.39. The highest BCUT2D eigenvalue weighted by atomic mass is 16.4. The van der Waals surface area contributed by atoms with Crippen LogP contribution in [0.4, 0.5) is 5.82 Å². The molecule has 0 unspecified atom stereocenters. The maximum atomic E-state index is 11.1. The van der Waals surface area contributed by atoms with E-state index in [1.807, 2.05) is 0 Å². The van der Waals surface area contributed by atoms with Crippen LogP contribution in [0.15, 0.2) is 17.3 Å². The van der Waals surface area contributed by atoms with E-state index in [0.717, 1.165) is 6.21 Å². The quantitative estimate of drug-likeness (QED) is 0.682. The number of fused-ring (bicyclic) bond motifs is 1. The highest BCUT2D eigenvalue weighted by Gasteiger charge is 2.23. The minimum Gasteiger partial charge on any atom is -0.478 e. The van der Waals surface area contributed by atoms with Crippen molar-refractivity contribution in [3.63, 3.8) is 0 Å². The van der Waals surface area contributed by atoms with Gasteiger partial charge < -0.3 is 5.11 Å². The lowest BCUT2D eigenvalue weighted by atomic mass is 10.1. The number of pyridine rings is 1. The topological polar surface area (TPSA) is 79.6 Å². The van der Waals surface area contributed by atoms with Gasteiger partial charge in [0, 0.05) is 6.20 Å². The van der Waals surface area contributed by atoms with E-state index in [9.17, 15) is 9.59 Å². The van der Waals surface area contributed by atoms with E-state index in [1.165, 1.54) is 12.3 Å². The van der Waals surface area contributed by atoms with Gasteiger partial charge in [-0.2, -0.15) is 0 Å². The zero-order chi connectivity index (χ0) is 9.42. The molecule has 0 atom stereocenters. The highest BCUT2D eigenvalue weighted by Crippen LogP contribution is 2.24. The van der Waals surface area contributed by atoms with Crippen LogP contribution in [0, 0.1) is 0 Å². The molecule has 0 saturated heterocycles. The molecule has 1 aromatic rings. The van der Waals surface area contributed by atoms with E-state index >= 15 is 0 Å². The molecular weight excluding hydrogens is 172 g/mol. The van der Waals surface area contributed by atoms with Crippen molar-refractivity contribution in [3.05, 3.63) is 23.4 Å². The number of carboxylic acids is 1. The number of nitrogens with zero attached hydrogens (tertiary/aromatic N) is 2. The number of aliphatic imine (C=N–C) groups is 1. The molecule has 13 heavy (non-hydrogen) atoms. The van der Waals surface area contributed by atoms with Crippen molar-refractivity contribution < 1.29 is 14.7 Å². The molecule has 0 aliphatic carbocycles. The van der Waals surface area contributed by atoms with Crippen molar-refractivity contribution >= 4 is 23.8 Å². The summed E-state index contributed by atoms with van der Waals surface area (Å²) in [4.78, 5) is 29.3. The van der Waals surface area contributed by atoms with Gasteiger partial charge in [0.2, 0.25) is 5.78 Å². The van der Waals surface area contributed by atoms with Gasteiger partial charge in [0.15, 0.2) is 5.82 Å². The molecule has 2 heterocycles. The summed E-state index contributed by atoms with van der Waals surface area (Å²) >= 11 is 0. The normalized spacial score (nSPS) is 13.1. The molecule has 0 radical (unpaired) electrons. The van der Waals surface area contributed by atoms with Crippen molar-refractivity contribution in [1.82, 2.24) is 4.98 Å². The van der Waals surface area contributed by atoms with Crippen molar-refractivity contribution in [2.24, 2.45) is 4.99 Å². The third-order valence-electron chi connectivity index (χ3n) is 1.71. The molecule has 1 N–H and O–H groups in total. The first-order valence-electron chi connectivity index (χ1n) is 3.51. The van der Waals surface area contributed by atoms with E-state index in [4.69, 9.17) is 5.11 Å². The lowest BCUT2D eigenvalue weighted by Gasteiger charge is -1.98. The number of hydrogen-bond donors (Lipinski definition) is 1. The largest absolute Gasteiger partial charge is 0.478 e. The molecule has 5 nitrogen and oxygen atoms in total. The number of carbonyl (C=O) groups is 2. The minimum atomic E-state index is -1.14. The summed E-state index contributed by atoms with van der Waals surface area (Å²) in [6.45, 7) is 0. The number of carboxylic acid groups (broad SMARTS) is 1. The number of carbonyl (C=O) groups excluding carboxylic acids is 1. The van der Waals surface area contributed by atoms with Crippen LogP contribution in [0.2, 0.25) is 0 Å². The molecule has 0 aromatic carbocycles. The Bertz CT molecular complexity index is 437. The van der Waals surface area contributed by atoms with Gasteiger partial charge >= 0.3 is 5.97 Å². The lowest BCUT2D eigenvalue weighted by molar-refractivity contribution is 0.0693. The molecule has 0 bridgehead atoms. The SMILES string of the molecule is O=C(O)c1ccnc2c1C(=O)C=N2. The van der Waals surface area contributed by atoms with Crippen LogP contribution in [-0.4, -0.2) is 28.1 Å². The van der Waals surface area contributed by atoms with E-state index in [1.54, 1.807) is 0 Å². The Morgan fingerprint density at radius 2 is 2.23 bits per heavy atom. The van der Waals surface area contributed by atoms with Gasteiger partial charge in [0.1, 0.15) is 0 Å². The van der Waals surface area contributed by atoms with Crippen molar-refractivity contribution in [2.75, 3.05) is 0 Å². The minimum absolute atomic E-state index is 0.0486.